The summed E-state index contributed by atoms with van der Waals surface area (Å²) in [6.45, 7) is 0.392. The fourth-order valence-electron chi connectivity index (χ4n) is 3.28. The van der Waals surface area contributed by atoms with E-state index in [0.29, 0.717) is 24.2 Å². The van der Waals surface area contributed by atoms with Crippen LogP contribution in [0.3, 0.4) is 0 Å². The van der Waals surface area contributed by atoms with Gasteiger partial charge in [-0.1, -0.05) is 18.9 Å². The second kappa shape index (κ2) is 7.47. The van der Waals surface area contributed by atoms with E-state index in [2.05, 4.69) is 5.32 Å². The summed E-state index contributed by atoms with van der Waals surface area (Å²) in [5, 5.41) is 2.88. The third-order valence-electron chi connectivity index (χ3n) is 4.52. The van der Waals surface area contributed by atoms with Crippen LogP contribution in [-0.2, 0) is 14.3 Å². The topological polar surface area (TPSA) is 75.7 Å². The van der Waals surface area contributed by atoms with Crippen LogP contribution in [0.25, 0.3) is 0 Å². The number of benzene rings is 1. The molecule has 1 aliphatic carbocycles. The first kappa shape index (κ1) is 16.5. The Kier molecular flexibility index (Phi) is 5.13. The van der Waals surface area contributed by atoms with Gasteiger partial charge in [0.05, 0.1) is 5.56 Å². The van der Waals surface area contributed by atoms with E-state index >= 15 is 0 Å². The minimum Gasteiger partial charge on any atom is -0.452 e. The van der Waals surface area contributed by atoms with E-state index in [1.165, 1.54) is 0 Å². The van der Waals surface area contributed by atoms with Gasteiger partial charge < -0.3 is 15.0 Å². The van der Waals surface area contributed by atoms with Gasteiger partial charge in [0.25, 0.3) is 5.91 Å². The van der Waals surface area contributed by atoms with Crippen LogP contribution in [0.4, 0.5) is 5.69 Å². The minimum absolute atomic E-state index is 0.0662. The van der Waals surface area contributed by atoms with Crippen LogP contribution in [0.15, 0.2) is 24.3 Å². The molecule has 1 aliphatic heterocycles. The molecular formula is C18H22N2O4. The molecule has 1 saturated carbocycles. The van der Waals surface area contributed by atoms with Crippen molar-refractivity contribution < 1.29 is 19.1 Å². The summed E-state index contributed by atoms with van der Waals surface area (Å²) in [5.74, 6) is -0.748. The van der Waals surface area contributed by atoms with Crippen molar-refractivity contribution >= 4 is 23.5 Å². The van der Waals surface area contributed by atoms with Gasteiger partial charge in [0.1, 0.15) is 0 Å². The number of rotatable bonds is 5. The van der Waals surface area contributed by atoms with E-state index in [-0.39, 0.29) is 24.5 Å². The molecule has 0 unspecified atom stereocenters. The van der Waals surface area contributed by atoms with Crippen LogP contribution >= 0.6 is 0 Å². The summed E-state index contributed by atoms with van der Waals surface area (Å²) in [4.78, 5) is 37.4. The summed E-state index contributed by atoms with van der Waals surface area (Å²) in [5.41, 5.74) is 1.04. The molecule has 3 rings (SSSR count). The first-order chi connectivity index (χ1) is 11.6. The van der Waals surface area contributed by atoms with Crippen molar-refractivity contribution in [2.45, 2.75) is 44.6 Å². The molecule has 128 valence electrons. The zero-order valence-corrected chi connectivity index (χ0v) is 13.6. The maximum atomic E-state index is 12.1. The maximum Gasteiger partial charge on any atom is 0.338 e. The number of nitrogens with zero attached hydrogens (tertiary/aromatic N) is 1. The van der Waals surface area contributed by atoms with Crippen LogP contribution in [0.1, 0.15) is 48.9 Å². The highest BCUT2D eigenvalue weighted by atomic mass is 16.5. The Morgan fingerprint density at radius 2 is 2.00 bits per heavy atom. The van der Waals surface area contributed by atoms with E-state index < -0.39 is 5.97 Å². The zero-order valence-electron chi connectivity index (χ0n) is 13.6. The number of esters is 1. The van der Waals surface area contributed by atoms with Crippen LogP contribution in [-0.4, -0.2) is 37.0 Å². The van der Waals surface area contributed by atoms with Gasteiger partial charge in [-0.05, 0) is 37.5 Å². The fourth-order valence-corrected chi connectivity index (χ4v) is 3.28. The van der Waals surface area contributed by atoms with Crippen molar-refractivity contribution in [1.82, 2.24) is 5.32 Å². The predicted octanol–water partition coefficient (Wildman–Crippen LogP) is 2.03. The number of hydrogen-bond acceptors (Lipinski definition) is 4. The van der Waals surface area contributed by atoms with Gasteiger partial charge in [-0.3, -0.25) is 9.59 Å². The Hall–Kier alpha value is -2.37. The smallest absolute Gasteiger partial charge is 0.338 e. The molecule has 24 heavy (non-hydrogen) atoms. The largest absolute Gasteiger partial charge is 0.452 e. The molecule has 0 aromatic heterocycles. The highest BCUT2D eigenvalue weighted by molar-refractivity contribution is 5.97. The summed E-state index contributed by atoms with van der Waals surface area (Å²) in [6, 6.07) is 6.99. The number of nitrogens with one attached hydrogen (secondary N) is 1. The van der Waals surface area contributed by atoms with Crippen molar-refractivity contribution in [1.29, 1.82) is 0 Å². The molecule has 2 fully saturated rings. The first-order valence-electron chi connectivity index (χ1n) is 8.50. The van der Waals surface area contributed by atoms with E-state index in [9.17, 15) is 14.4 Å². The van der Waals surface area contributed by atoms with Crippen molar-refractivity contribution in [2.24, 2.45) is 0 Å². The second-order valence-corrected chi connectivity index (χ2v) is 6.32. The lowest BCUT2D eigenvalue weighted by atomic mass is 10.2. The Morgan fingerprint density at radius 3 is 2.71 bits per heavy atom. The first-order valence-corrected chi connectivity index (χ1v) is 8.50. The average molecular weight is 330 g/mol. The van der Waals surface area contributed by atoms with Crippen molar-refractivity contribution in [3.8, 4) is 0 Å². The quantitative estimate of drug-likeness (QED) is 0.838. The predicted molar refractivity (Wildman–Crippen MR) is 88.7 cm³/mol. The lowest BCUT2D eigenvalue weighted by Gasteiger charge is -2.16. The number of ether oxygens (including phenoxy) is 1. The Balaban J connectivity index is 1.54. The summed E-state index contributed by atoms with van der Waals surface area (Å²) < 4.78 is 5.09. The van der Waals surface area contributed by atoms with E-state index in [1.807, 2.05) is 0 Å². The fraction of sp³-hybridized carbons (Fsp3) is 0.500. The van der Waals surface area contributed by atoms with Crippen molar-refractivity contribution in [3.63, 3.8) is 0 Å². The molecular weight excluding hydrogens is 308 g/mol. The number of anilines is 1. The standard InChI is InChI=1S/C18H22N2O4/c21-16(19-14-6-1-2-7-14)12-24-18(23)13-5-3-8-15(11-13)20-10-4-9-17(20)22/h3,5,8,11,14H,1-2,4,6-7,9-10,12H2,(H,19,21). The molecule has 0 atom stereocenters. The SMILES string of the molecule is O=C(COC(=O)c1cccc(N2CCCC2=O)c1)NC1CCCC1. The summed E-state index contributed by atoms with van der Waals surface area (Å²) in [6.07, 6.45) is 5.61. The third-order valence-corrected chi connectivity index (χ3v) is 4.52. The number of carbonyl (C=O) groups is 3. The molecule has 6 heteroatoms. The lowest BCUT2D eigenvalue weighted by Crippen LogP contribution is -2.35. The molecule has 0 radical (unpaired) electrons. The third kappa shape index (κ3) is 3.93. The normalized spacial score (nSPS) is 18.0. The van der Waals surface area contributed by atoms with Gasteiger partial charge in [0.15, 0.2) is 6.61 Å². The van der Waals surface area contributed by atoms with E-state index in [0.717, 1.165) is 32.1 Å². The number of amides is 2. The van der Waals surface area contributed by atoms with Crippen molar-refractivity contribution in [3.05, 3.63) is 29.8 Å². The van der Waals surface area contributed by atoms with Gasteiger partial charge in [-0.2, -0.15) is 0 Å². The second-order valence-electron chi connectivity index (χ2n) is 6.32. The van der Waals surface area contributed by atoms with E-state index in [4.69, 9.17) is 4.74 Å². The van der Waals surface area contributed by atoms with Gasteiger partial charge in [-0.15, -0.1) is 0 Å². The van der Waals surface area contributed by atoms with Gasteiger partial charge in [0, 0.05) is 24.7 Å². The van der Waals surface area contributed by atoms with Crippen LogP contribution < -0.4 is 10.2 Å². The zero-order chi connectivity index (χ0) is 16.9. The minimum atomic E-state index is -0.551. The maximum absolute atomic E-state index is 12.1. The molecule has 6 nitrogen and oxygen atoms in total. The molecule has 2 amide bonds. The molecule has 1 aromatic carbocycles. The highest BCUT2D eigenvalue weighted by Crippen LogP contribution is 2.22. The lowest BCUT2D eigenvalue weighted by molar-refractivity contribution is -0.124. The van der Waals surface area contributed by atoms with Gasteiger partial charge >= 0.3 is 5.97 Å². The van der Waals surface area contributed by atoms with Crippen LogP contribution in [0.2, 0.25) is 0 Å². The van der Waals surface area contributed by atoms with Crippen LogP contribution in [0, 0.1) is 0 Å². The monoisotopic (exact) mass is 330 g/mol. The van der Waals surface area contributed by atoms with Gasteiger partial charge in [-0.25, -0.2) is 4.79 Å². The Labute approximate surface area is 141 Å². The molecule has 1 aromatic rings. The summed E-state index contributed by atoms with van der Waals surface area (Å²) >= 11 is 0. The molecule has 1 heterocycles. The average Bonchev–Trinajstić information content (AvgIpc) is 3.24. The molecule has 2 aliphatic rings. The molecule has 0 spiro atoms. The molecule has 1 saturated heterocycles. The van der Waals surface area contributed by atoms with Crippen LogP contribution in [0.5, 0.6) is 0 Å². The highest BCUT2D eigenvalue weighted by Gasteiger charge is 2.23. The molecule has 0 bridgehead atoms. The Bertz CT molecular complexity index is 638. The van der Waals surface area contributed by atoms with E-state index in [1.54, 1.807) is 29.2 Å². The molecule has 1 N–H and O–H groups in total. The number of hydrogen-bond donors (Lipinski definition) is 1. The Morgan fingerprint density at radius 1 is 1.21 bits per heavy atom. The van der Waals surface area contributed by atoms with Crippen molar-refractivity contribution in [2.75, 3.05) is 18.1 Å². The number of carbonyl (C=O) groups excluding carboxylic acids is 3. The summed E-state index contributed by atoms with van der Waals surface area (Å²) in [7, 11) is 0. The van der Waals surface area contributed by atoms with Gasteiger partial charge in [0.2, 0.25) is 5.91 Å².